The van der Waals surface area contributed by atoms with Crippen LogP contribution in [0.3, 0.4) is 0 Å². The van der Waals surface area contributed by atoms with Crippen LogP contribution in [0, 0.1) is 12.7 Å². The van der Waals surface area contributed by atoms with Crippen LogP contribution in [-0.4, -0.2) is 25.5 Å². The van der Waals surface area contributed by atoms with Crippen molar-refractivity contribution in [2.75, 3.05) is 0 Å². The summed E-state index contributed by atoms with van der Waals surface area (Å²) in [5.41, 5.74) is 2.77. The molecule has 0 aliphatic carbocycles. The van der Waals surface area contributed by atoms with Crippen LogP contribution in [0.1, 0.15) is 33.4 Å². The standard InChI is InChI=1S/C21H18FN5O2/c1-13-10-19-24-17(12-20(28)27(19)26-13)11-18(14-2-4-16(22)5-3-14)25-21(29)15-6-8-23-9-7-15/h2-10,12,18,26H,11H2,1H3,(H,25,29)/t18-/m0/s1. The lowest BCUT2D eigenvalue weighted by atomic mass is 10.0. The van der Waals surface area contributed by atoms with Gasteiger partial charge in [0.05, 0.1) is 11.7 Å². The average molecular weight is 391 g/mol. The molecule has 3 heterocycles. The first kappa shape index (κ1) is 18.5. The van der Waals surface area contributed by atoms with Gasteiger partial charge in [0, 0.05) is 42.2 Å². The van der Waals surface area contributed by atoms with E-state index in [1.165, 1.54) is 35.1 Å². The summed E-state index contributed by atoms with van der Waals surface area (Å²) in [5.74, 6) is -0.662. The minimum atomic E-state index is -0.495. The zero-order valence-corrected chi connectivity index (χ0v) is 15.6. The number of hydrogen-bond acceptors (Lipinski definition) is 4. The minimum Gasteiger partial charge on any atom is -0.345 e. The number of halogens is 1. The molecule has 1 aromatic carbocycles. The molecule has 0 fully saturated rings. The minimum absolute atomic E-state index is 0.239. The molecule has 3 aromatic heterocycles. The number of benzene rings is 1. The van der Waals surface area contributed by atoms with Crippen LogP contribution in [0.25, 0.3) is 5.65 Å². The molecular formula is C21H18FN5O2. The maximum atomic E-state index is 13.4. The lowest BCUT2D eigenvalue weighted by molar-refractivity contribution is 0.0936. The van der Waals surface area contributed by atoms with Crippen LogP contribution in [0.4, 0.5) is 4.39 Å². The number of aromatic amines is 1. The highest BCUT2D eigenvalue weighted by Crippen LogP contribution is 2.19. The molecule has 4 rings (SSSR count). The number of nitrogens with one attached hydrogen (secondary N) is 2. The number of nitrogens with zero attached hydrogens (tertiary/aromatic N) is 3. The van der Waals surface area contributed by atoms with Gasteiger partial charge in [-0.25, -0.2) is 13.9 Å². The van der Waals surface area contributed by atoms with Gasteiger partial charge in [-0.1, -0.05) is 12.1 Å². The van der Waals surface area contributed by atoms with Crippen LogP contribution >= 0.6 is 0 Å². The van der Waals surface area contributed by atoms with Crippen molar-refractivity contribution in [2.24, 2.45) is 0 Å². The summed E-state index contributed by atoms with van der Waals surface area (Å²) in [5, 5.41) is 5.87. The van der Waals surface area contributed by atoms with E-state index in [0.29, 0.717) is 22.5 Å². The molecule has 29 heavy (non-hydrogen) atoms. The van der Waals surface area contributed by atoms with E-state index in [4.69, 9.17) is 0 Å². The molecular weight excluding hydrogens is 373 g/mol. The van der Waals surface area contributed by atoms with Crippen molar-refractivity contribution >= 4 is 11.6 Å². The summed E-state index contributed by atoms with van der Waals surface area (Å²) >= 11 is 0. The molecule has 1 atom stereocenters. The van der Waals surface area contributed by atoms with Gasteiger partial charge in [0.15, 0.2) is 5.65 Å². The summed E-state index contributed by atoms with van der Waals surface area (Å²) in [4.78, 5) is 33.5. The second-order valence-electron chi connectivity index (χ2n) is 6.74. The molecule has 2 N–H and O–H groups in total. The first-order valence-electron chi connectivity index (χ1n) is 9.04. The van der Waals surface area contributed by atoms with E-state index in [-0.39, 0.29) is 23.7 Å². The predicted octanol–water partition coefficient (Wildman–Crippen LogP) is 2.58. The van der Waals surface area contributed by atoms with Gasteiger partial charge >= 0.3 is 0 Å². The van der Waals surface area contributed by atoms with Crippen molar-refractivity contribution in [1.82, 2.24) is 24.9 Å². The van der Waals surface area contributed by atoms with Crippen molar-refractivity contribution in [2.45, 2.75) is 19.4 Å². The Labute approximate surface area is 165 Å². The van der Waals surface area contributed by atoms with E-state index >= 15 is 0 Å². The molecule has 0 radical (unpaired) electrons. The number of pyridine rings is 1. The number of aromatic nitrogens is 4. The zero-order valence-electron chi connectivity index (χ0n) is 15.6. The first-order chi connectivity index (χ1) is 14.0. The van der Waals surface area contributed by atoms with Crippen molar-refractivity contribution in [3.63, 3.8) is 0 Å². The molecule has 0 bridgehead atoms. The quantitative estimate of drug-likeness (QED) is 0.547. The number of hydrogen-bond donors (Lipinski definition) is 2. The Bertz CT molecular complexity index is 1220. The maximum Gasteiger partial charge on any atom is 0.272 e. The maximum absolute atomic E-state index is 13.4. The fraction of sp³-hybridized carbons (Fsp3) is 0.143. The number of fused-ring (bicyclic) bond motifs is 1. The molecule has 0 saturated carbocycles. The smallest absolute Gasteiger partial charge is 0.272 e. The largest absolute Gasteiger partial charge is 0.345 e. The third kappa shape index (κ3) is 4.06. The summed E-state index contributed by atoms with van der Waals surface area (Å²) in [6.45, 7) is 1.84. The van der Waals surface area contributed by atoms with Gasteiger partial charge in [-0.2, -0.15) is 0 Å². The highest BCUT2D eigenvalue weighted by Gasteiger charge is 2.18. The number of carbonyl (C=O) groups is 1. The van der Waals surface area contributed by atoms with Crippen molar-refractivity contribution in [3.8, 4) is 0 Å². The van der Waals surface area contributed by atoms with E-state index in [1.807, 2.05) is 6.92 Å². The van der Waals surface area contributed by atoms with Gasteiger partial charge in [0.25, 0.3) is 11.5 Å². The number of H-pyrrole nitrogens is 1. The summed E-state index contributed by atoms with van der Waals surface area (Å²) < 4.78 is 14.7. The fourth-order valence-electron chi connectivity index (χ4n) is 3.17. The Balaban J connectivity index is 1.67. The van der Waals surface area contributed by atoms with Crippen LogP contribution in [0.15, 0.2) is 65.7 Å². The Morgan fingerprint density at radius 1 is 1.17 bits per heavy atom. The number of aryl methyl sites for hydroxylation is 1. The van der Waals surface area contributed by atoms with Gasteiger partial charge in [0.1, 0.15) is 5.82 Å². The number of amides is 1. The topological polar surface area (TPSA) is 92.2 Å². The van der Waals surface area contributed by atoms with Crippen molar-refractivity contribution in [1.29, 1.82) is 0 Å². The molecule has 0 spiro atoms. The normalized spacial score (nSPS) is 12.1. The summed E-state index contributed by atoms with van der Waals surface area (Å²) in [6, 6.07) is 11.8. The first-order valence-corrected chi connectivity index (χ1v) is 9.04. The molecule has 8 heteroatoms. The second kappa shape index (κ2) is 7.67. The Hall–Kier alpha value is -3.81. The lowest BCUT2D eigenvalue weighted by Gasteiger charge is -2.19. The van der Waals surface area contributed by atoms with E-state index in [2.05, 4.69) is 20.4 Å². The zero-order chi connectivity index (χ0) is 20.4. The molecule has 0 aliphatic heterocycles. The Kier molecular flexibility index (Phi) is 4.90. The van der Waals surface area contributed by atoms with Crippen molar-refractivity contribution < 1.29 is 9.18 Å². The van der Waals surface area contributed by atoms with E-state index in [9.17, 15) is 14.0 Å². The third-order valence-corrected chi connectivity index (χ3v) is 4.56. The molecule has 0 unspecified atom stereocenters. The third-order valence-electron chi connectivity index (χ3n) is 4.56. The lowest BCUT2D eigenvalue weighted by Crippen LogP contribution is -2.30. The van der Waals surface area contributed by atoms with E-state index in [1.54, 1.807) is 30.3 Å². The van der Waals surface area contributed by atoms with Crippen LogP contribution in [0.2, 0.25) is 0 Å². The van der Waals surface area contributed by atoms with Gasteiger partial charge < -0.3 is 5.32 Å². The molecule has 1 amide bonds. The molecule has 0 aliphatic rings. The molecule has 0 saturated heterocycles. The fourth-order valence-corrected chi connectivity index (χ4v) is 3.17. The van der Waals surface area contributed by atoms with E-state index in [0.717, 1.165) is 5.69 Å². The Morgan fingerprint density at radius 3 is 2.62 bits per heavy atom. The highest BCUT2D eigenvalue weighted by molar-refractivity contribution is 5.94. The van der Waals surface area contributed by atoms with Gasteiger partial charge in [-0.3, -0.25) is 19.7 Å². The van der Waals surface area contributed by atoms with Crippen LogP contribution < -0.4 is 10.9 Å². The molecule has 146 valence electrons. The predicted molar refractivity (Wildman–Crippen MR) is 105 cm³/mol. The van der Waals surface area contributed by atoms with Crippen LogP contribution in [0.5, 0.6) is 0 Å². The number of rotatable bonds is 5. The van der Waals surface area contributed by atoms with E-state index < -0.39 is 6.04 Å². The second-order valence-corrected chi connectivity index (χ2v) is 6.74. The molecule has 7 nitrogen and oxygen atoms in total. The monoisotopic (exact) mass is 391 g/mol. The summed E-state index contributed by atoms with van der Waals surface area (Å²) in [6.07, 6.45) is 3.34. The van der Waals surface area contributed by atoms with Gasteiger partial charge in [-0.15, -0.1) is 0 Å². The Morgan fingerprint density at radius 2 is 1.90 bits per heavy atom. The van der Waals surface area contributed by atoms with Crippen LogP contribution in [-0.2, 0) is 6.42 Å². The average Bonchev–Trinajstić information content (AvgIpc) is 3.09. The van der Waals surface area contributed by atoms with Gasteiger partial charge in [0.2, 0.25) is 0 Å². The number of carbonyl (C=O) groups excluding carboxylic acids is 1. The van der Waals surface area contributed by atoms with Crippen molar-refractivity contribution in [3.05, 3.63) is 99.6 Å². The summed E-state index contributed by atoms with van der Waals surface area (Å²) in [7, 11) is 0. The van der Waals surface area contributed by atoms with Gasteiger partial charge in [-0.05, 0) is 36.8 Å². The highest BCUT2D eigenvalue weighted by atomic mass is 19.1. The SMILES string of the molecule is Cc1cc2nc(C[C@H](NC(=O)c3ccncc3)c3ccc(F)cc3)cc(=O)n2[nH]1. The molecule has 4 aromatic rings.